The van der Waals surface area contributed by atoms with Gasteiger partial charge in [0, 0.05) is 17.0 Å². The van der Waals surface area contributed by atoms with Gasteiger partial charge in [-0.05, 0) is 13.8 Å². The van der Waals surface area contributed by atoms with Crippen LogP contribution in [0.5, 0.6) is 0 Å². The number of benzene rings is 1. The van der Waals surface area contributed by atoms with Crippen LogP contribution in [0.25, 0.3) is 10.6 Å². The van der Waals surface area contributed by atoms with Crippen molar-refractivity contribution in [3.05, 3.63) is 40.9 Å². The predicted molar refractivity (Wildman–Crippen MR) is 76.3 cm³/mol. The van der Waals surface area contributed by atoms with Gasteiger partial charge in [-0.1, -0.05) is 29.8 Å². The highest BCUT2D eigenvalue weighted by Crippen LogP contribution is 2.23. The average molecular weight is 276 g/mol. The minimum absolute atomic E-state index is 0.0826. The highest BCUT2D eigenvalue weighted by Gasteiger charge is 2.13. The largest absolute Gasteiger partial charge is 0.394 e. The van der Waals surface area contributed by atoms with Crippen molar-refractivity contribution in [2.45, 2.75) is 19.9 Å². The molecule has 100 valence electrons. The SMILES string of the molecule is Cc1ccc(-c2nc(C(=O)NC(C)CO)cs2)cc1. The summed E-state index contributed by atoms with van der Waals surface area (Å²) in [6.45, 7) is 3.69. The maximum absolute atomic E-state index is 11.8. The normalized spacial score (nSPS) is 12.2. The second kappa shape index (κ2) is 5.95. The van der Waals surface area contributed by atoms with Crippen LogP contribution < -0.4 is 5.32 Å². The molecule has 0 radical (unpaired) electrons. The molecule has 1 amide bonds. The van der Waals surface area contributed by atoms with Crippen molar-refractivity contribution < 1.29 is 9.90 Å². The first kappa shape index (κ1) is 13.7. The number of thiazole rings is 1. The number of aromatic nitrogens is 1. The minimum atomic E-state index is -0.267. The molecule has 0 aliphatic carbocycles. The van der Waals surface area contributed by atoms with E-state index in [1.807, 2.05) is 31.2 Å². The molecule has 1 atom stereocenters. The molecule has 0 fully saturated rings. The summed E-state index contributed by atoms with van der Waals surface area (Å²) in [5, 5.41) is 14.1. The lowest BCUT2D eigenvalue weighted by Gasteiger charge is -2.08. The van der Waals surface area contributed by atoms with E-state index in [4.69, 9.17) is 5.11 Å². The Morgan fingerprint density at radius 1 is 1.42 bits per heavy atom. The fourth-order valence-electron chi connectivity index (χ4n) is 1.55. The molecular formula is C14H16N2O2S. The van der Waals surface area contributed by atoms with Crippen molar-refractivity contribution in [3.8, 4) is 10.6 Å². The van der Waals surface area contributed by atoms with E-state index in [0.29, 0.717) is 5.69 Å². The summed E-state index contributed by atoms with van der Waals surface area (Å²) in [7, 11) is 0. The number of hydrogen-bond acceptors (Lipinski definition) is 4. The maximum atomic E-state index is 11.8. The molecule has 0 aliphatic rings. The van der Waals surface area contributed by atoms with Crippen molar-refractivity contribution in [2.75, 3.05) is 6.61 Å². The number of amides is 1. The summed E-state index contributed by atoms with van der Waals surface area (Å²) in [6.07, 6.45) is 0. The molecule has 4 nitrogen and oxygen atoms in total. The van der Waals surface area contributed by atoms with Crippen LogP contribution in [0.4, 0.5) is 0 Å². The summed E-state index contributed by atoms with van der Waals surface area (Å²) in [5.41, 5.74) is 2.58. The number of carbonyl (C=O) groups is 1. The fourth-order valence-corrected chi connectivity index (χ4v) is 2.36. The first-order valence-electron chi connectivity index (χ1n) is 6.04. The molecule has 0 spiro atoms. The summed E-state index contributed by atoms with van der Waals surface area (Å²) >= 11 is 1.44. The second-order valence-electron chi connectivity index (χ2n) is 4.46. The van der Waals surface area contributed by atoms with Gasteiger partial charge in [-0.2, -0.15) is 0 Å². The summed E-state index contributed by atoms with van der Waals surface area (Å²) in [6, 6.07) is 7.75. The average Bonchev–Trinajstić information content (AvgIpc) is 2.89. The fraction of sp³-hybridized carbons (Fsp3) is 0.286. The van der Waals surface area contributed by atoms with Gasteiger partial charge in [-0.25, -0.2) is 4.98 Å². The number of nitrogens with zero attached hydrogens (tertiary/aromatic N) is 1. The molecule has 1 unspecified atom stereocenters. The standard InChI is InChI=1S/C14H16N2O2S/c1-9-3-5-11(6-4-9)14-16-12(8-19-14)13(18)15-10(2)7-17/h3-6,8,10,17H,7H2,1-2H3,(H,15,18). The Balaban J connectivity index is 2.15. The van der Waals surface area contributed by atoms with Crippen molar-refractivity contribution in [3.63, 3.8) is 0 Å². The molecule has 1 heterocycles. The molecule has 0 bridgehead atoms. The molecule has 0 saturated heterocycles. The van der Waals surface area contributed by atoms with Crippen LogP contribution in [-0.2, 0) is 0 Å². The van der Waals surface area contributed by atoms with E-state index in [-0.39, 0.29) is 18.6 Å². The highest BCUT2D eigenvalue weighted by molar-refractivity contribution is 7.13. The van der Waals surface area contributed by atoms with Gasteiger partial charge >= 0.3 is 0 Å². The highest BCUT2D eigenvalue weighted by atomic mass is 32.1. The molecule has 5 heteroatoms. The van der Waals surface area contributed by atoms with Gasteiger partial charge in [-0.15, -0.1) is 11.3 Å². The lowest BCUT2D eigenvalue weighted by Crippen LogP contribution is -2.35. The zero-order valence-corrected chi connectivity index (χ0v) is 11.7. The minimum Gasteiger partial charge on any atom is -0.394 e. The molecule has 2 rings (SSSR count). The third-order valence-corrected chi connectivity index (χ3v) is 3.58. The molecule has 19 heavy (non-hydrogen) atoms. The zero-order chi connectivity index (χ0) is 13.8. The first-order chi connectivity index (χ1) is 9.10. The van der Waals surface area contributed by atoms with E-state index >= 15 is 0 Å². The number of rotatable bonds is 4. The predicted octanol–water partition coefficient (Wildman–Crippen LogP) is 2.23. The van der Waals surface area contributed by atoms with E-state index < -0.39 is 0 Å². The van der Waals surface area contributed by atoms with Crippen molar-refractivity contribution in [1.82, 2.24) is 10.3 Å². The smallest absolute Gasteiger partial charge is 0.271 e. The Kier molecular flexibility index (Phi) is 4.29. The van der Waals surface area contributed by atoms with Crippen LogP contribution in [0.3, 0.4) is 0 Å². The Morgan fingerprint density at radius 2 is 2.11 bits per heavy atom. The third-order valence-electron chi connectivity index (χ3n) is 2.69. The summed E-state index contributed by atoms with van der Waals surface area (Å²) in [5.74, 6) is -0.254. The number of nitrogens with one attached hydrogen (secondary N) is 1. The van der Waals surface area contributed by atoms with Crippen LogP contribution in [0, 0.1) is 6.92 Å². The maximum Gasteiger partial charge on any atom is 0.271 e. The Bertz CT molecular complexity index is 563. The second-order valence-corrected chi connectivity index (χ2v) is 5.32. The molecule has 0 aliphatic heterocycles. The topological polar surface area (TPSA) is 62.2 Å². The number of aliphatic hydroxyl groups excluding tert-OH is 1. The third kappa shape index (κ3) is 3.39. The molecule has 2 N–H and O–H groups in total. The Morgan fingerprint density at radius 3 is 2.74 bits per heavy atom. The van der Waals surface area contributed by atoms with Gasteiger partial charge in [0.2, 0.25) is 0 Å². The van der Waals surface area contributed by atoms with E-state index in [1.54, 1.807) is 12.3 Å². The molecule has 1 aromatic heterocycles. The van der Waals surface area contributed by atoms with Crippen LogP contribution >= 0.6 is 11.3 Å². The molecule has 0 saturated carbocycles. The van der Waals surface area contributed by atoms with E-state index in [0.717, 1.165) is 10.6 Å². The number of aliphatic hydroxyl groups is 1. The quantitative estimate of drug-likeness (QED) is 0.900. The van der Waals surface area contributed by atoms with Crippen molar-refractivity contribution in [1.29, 1.82) is 0 Å². The van der Waals surface area contributed by atoms with Gasteiger partial charge in [0.25, 0.3) is 5.91 Å². The number of aryl methyl sites for hydroxylation is 1. The zero-order valence-electron chi connectivity index (χ0n) is 10.9. The van der Waals surface area contributed by atoms with E-state index in [1.165, 1.54) is 16.9 Å². The van der Waals surface area contributed by atoms with Crippen LogP contribution in [0.2, 0.25) is 0 Å². The van der Waals surface area contributed by atoms with Crippen molar-refractivity contribution in [2.24, 2.45) is 0 Å². The number of hydrogen-bond donors (Lipinski definition) is 2. The lowest BCUT2D eigenvalue weighted by atomic mass is 10.2. The summed E-state index contributed by atoms with van der Waals surface area (Å²) < 4.78 is 0. The first-order valence-corrected chi connectivity index (χ1v) is 6.92. The summed E-state index contributed by atoms with van der Waals surface area (Å²) in [4.78, 5) is 16.2. The van der Waals surface area contributed by atoms with Gasteiger partial charge in [0.1, 0.15) is 10.7 Å². The van der Waals surface area contributed by atoms with Gasteiger partial charge < -0.3 is 10.4 Å². The van der Waals surface area contributed by atoms with Crippen LogP contribution in [0.15, 0.2) is 29.6 Å². The van der Waals surface area contributed by atoms with Gasteiger partial charge in [0.15, 0.2) is 0 Å². The van der Waals surface area contributed by atoms with E-state index in [9.17, 15) is 4.79 Å². The monoisotopic (exact) mass is 276 g/mol. The molecule has 1 aromatic carbocycles. The number of carbonyl (C=O) groups excluding carboxylic acids is 1. The van der Waals surface area contributed by atoms with Gasteiger partial charge in [0.05, 0.1) is 6.61 Å². The molecular weight excluding hydrogens is 260 g/mol. The molecule has 2 aromatic rings. The Labute approximate surface area is 116 Å². The van der Waals surface area contributed by atoms with Crippen LogP contribution in [0.1, 0.15) is 23.0 Å². The van der Waals surface area contributed by atoms with Crippen LogP contribution in [-0.4, -0.2) is 28.6 Å². The van der Waals surface area contributed by atoms with E-state index in [2.05, 4.69) is 10.3 Å². The lowest BCUT2D eigenvalue weighted by molar-refractivity contribution is 0.0918. The Hall–Kier alpha value is -1.72. The van der Waals surface area contributed by atoms with Gasteiger partial charge in [-0.3, -0.25) is 4.79 Å². The van der Waals surface area contributed by atoms with Crippen molar-refractivity contribution >= 4 is 17.2 Å².